The molecule has 11 heteroatoms. The third-order valence-corrected chi connectivity index (χ3v) is 10.3. The largest absolute Gasteiger partial charge is 0.431 e. The van der Waals surface area contributed by atoms with Crippen molar-refractivity contribution in [3.05, 3.63) is 18.2 Å². The summed E-state index contributed by atoms with van der Waals surface area (Å²) in [4.78, 5) is 19.4. The van der Waals surface area contributed by atoms with Crippen molar-refractivity contribution < 1.29 is 26.0 Å². The van der Waals surface area contributed by atoms with Crippen LogP contribution in [0.5, 0.6) is 0 Å². The van der Waals surface area contributed by atoms with E-state index in [1.165, 1.54) is 12.1 Å². The molecule has 1 saturated heterocycles. The molecule has 1 aliphatic heterocycles. The predicted molar refractivity (Wildman–Crippen MR) is 119 cm³/mol. The normalized spacial score (nSPS) is 21.6. The Morgan fingerprint density at radius 2 is 1.97 bits per heavy atom. The van der Waals surface area contributed by atoms with Crippen LogP contribution in [-0.2, 0) is 24.5 Å². The number of sulfone groups is 2. The molecule has 0 spiro atoms. The fourth-order valence-corrected chi connectivity index (χ4v) is 7.71. The average Bonchev–Trinajstić information content (AvgIpc) is 3.46. The fourth-order valence-electron chi connectivity index (χ4n) is 4.39. The Kier molecular flexibility index (Phi) is 6.37. The molecular formula is C20H26N2O6S3. The standard InChI is InChI=1S/C20H26N2O6S3/c1-2-31(26,27)16-7-8-18-17(11-16)21-20(28-18)29-12-19(23)22(14-5-3-4-6-14)15-9-10-30(24,25)13-15/h7-8,11,14-15H,2-6,9-10,12-13H2,1H3/t15-/m1/s1. The number of carbonyl (C=O) groups excluding carboxylic acids is 1. The van der Waals surface area contributed by atoms with Crippen LogP contribution in [-0.4, -0.2) is 67.7 Å². The van der Waals surface area contributed by atoms with E-state index in [2.05, 4.69) is 4.98 Å². The Labute approximate surface area is 186 Å². The zero-order valence-electron chi connectivity index (χ0n) is 17.3. The lowest BCUT2D eigenvalue weighted by Gasteiger charge is -2.34. The van der Waals surface area contributed by atoms with Gasteiger partial charge in [-0.25, -0.2) is 21.8 Å². The van der Waals surface area contributed by atoms with Gasteiger partial charge in [-0.1, -0.05) is 31.5 Å². The van der Waals surface area contributed by atoms with Crippen LogP contribution in [0.1, 0.15) is 39.0 Å². The third-order valence-electron chi connectivity index (χ3n) is 6.01. The molecule has 31 heavy (non-hydrogen) atoms. The van der Waals surface area contributed by atoms with Gasteiger partial charge in [-0.3, -0.25) is 4.79 Å². The molecule has 1 saturated carbocycles. The van der Waals surface area contributed by atoms with E-state index in [9.17, 15) is 21.6 Å². The molecule has 170 valence electrons. The van der Waals surface area contributed by atoms with Gasteiger partial charge in [-0.2, -0.15) is 0 Å². The summed E-state index contributed by atoms with van der Waals surface area (Å²) in [7, 11) is -6.43. The van der Waals surface area contributed by atoms with Crippen LogP contribution in [0.15, 0.2) is 32.7 Å². The van der Waals surface area contributed by atoms with E-state index in [1.54, 1.807) is 17.9 Å². The fraction of sp³-hybridized carbons (Fsp3) is 0.600. The van der Waals surface area contributed by atoms with Crippen molar-refractivity contribution in [3.63, 3.8) is 0 Å². The van der Waals surface area contributed by atoms with Crippen molar-refractivity contribution in [1.82, 2.24) is 9.88 Å². The molecule has 2 heterocycles. The Hall–Kier alpha value is -1.59. The van der Waals surface area contributed by atoms with Crippen LogP contribution in [0.3, 0.4) is 0 Å². The number of hydrogen-bond acceptors (Lipinski definition) is 8. The summed E-state index contributed by atoms with van der Waals surface area (Å²) in [6.45, 7) is 1.58. The molecule has 1 aromatic carbocycles. The van der Waals surface area contributed by atoms with Gasteiger partial charge in [0.2, 0.25) is 5.91 Å². The molecule has 2 aliphatic rings. The number of oxazole rings is 1. The van der Waals surface area contributed by atoms with Gasteiger partial charge < -0.3 is 9.32 Å². The molecule has 0 N–H and O–H groups in total. The van der Waals surface area contributed by atoms with Crippen molar-refractivity contribution in [3.8, 4) is 0 Å². The number of rotatable bonds is 7. The number of hydrogen-bond donors (Lipinski definition) is 0. The van der Waals surface area contributed by atoms with Crippen LogP contribution in [0.4, 0.5) is 0 Å². The predicted octanol–water partition coefficient (Wildman–Crippen LogP) is 2.67. The molecule has 1 aromatic heterocycles. The minimum absolute atomic E-state index is 0.000352. The number of benzene rings is 1. The smallest absolute Gasteiger partial charge is 0.257 e. The second-order valence-corrected chi connectivity index (χ2v) is 13.5. The maximum Gasteiger partial charge on any atom is 0.257 e. The molecular weight excluding hydrogens is 460 g/mol. The van der Waals surface area contributed by atoms with Crippen LogP contribution in [0, 0.1) is 0 Å². The average molecular weight is 487 g/mol. The number of carbonyl (C=O) groups is 1. The van der Waals surface area contributed by atoms with E-state index in [4.69, 9.17) is 4.42 Å². The maximum absolute atomic E-state index is 13.1. The Bertz CT molecular complexity index is 1180. The van der Waals surface area contributed by atoms with Crippen molar-refractivity contribution >= 4 is 48.4 Å². The summed E-state index contributed by atoms with van der Waals surface area (Å²) in [5.74, 6) is 0.170. The topological polar surface area (TPSA) is 115 Å². The highest BCUT2D eigenvalue weighted by atomic mass is 32.2. The Morgan fingerprint density at radius 1 is 1.23 bits per heavy atom. The van der Waals surface area contributed by atoms with E-state index < -0.39 is 19.7 Å². The Balaban J connectivity index is 1.49. The van der Waals surface area contributed by atoms with Gasteiger partial charge in [0.05, 0.1) is 27.9 Å². The molecule has 2 fully saturated rings. The zero-order chi connectivity index (χ0) is 22.2. The van der Waals surface area contributed by atoms with Crippen LogP contribution in [0.25, 0.3) is 11.1 Å². The summed E-state index contributed by atoms with van der Waals surface area (Å²) in [5, 5.41) is 0.291. The Morgan fingerprint density at radius 3 is 2.61 bits per heavy atom. The quantitative estimate of drug-likeness (QED) is 0.549. The van der Waals surface area contributed by atoms with Gasteiger partial charge in [0.25, 0.3) is 5.22 Å². The minimum Gasteiger partial charge on any atom is -0.431 e. The monoisotopic (exact) mass is 486 g/mol. The SMILES string of the molecule is CCS(=O)(=O)c1ccc2oc(SCC(=O)N(C3CCCC3)[C@@H]3CCS(=O)(=O)C3)nc2c1. The summed E-state index contributed by atoms with van der Waals surface area (Å²) >= 11 is 1.15. The first-order valence-electron chi connectivity index (χ1n) is 10.5. The molecule has 1 aliphatic carbocycles. The maximum atomic E-state index is 13.1. The number of aromatic nitrogens is 1. The van der Waals surface area contributed by atoms with Crippen molar-refractivity contribution in [2.24, 2.45) is 0 Å². The first kappa shape index (κ1) is 22.6. The highest BCUT2D eigenvalue weighted by Gasteiger charge is 2.39. The molecule has 1 amide bonds. The molecule has 8 nitrogen and oxygen atoms in total. The van der Waals surface area contributed by atoms with E-state index in [-0.39, 0.29) is 45.9 Å². The van der Waals surface area contributed by atoms with E-state index in [0.717, 1.165) is 37.4 Å². The number of fused-ring (bicyclic) bond motifs is 1. The molecule has 4 rings (SSSR count). The van der Waals surface area contributed by atoms with Crippen LogP contribution >= 0.6 is 11.8 Å². The minimum atomic E-state index is -3.34. The van der Waals surface area contributed by atoms with E-state index in [1.807, 2.05) is 0 Å². The lowest BCUT2D eigenvalue weighted by molar-refractivity contribution is -0.132. The molecule has 0 bridgehead atoms. The third kappa shape index (κ3) is 4.93. The first-order valence-corrected chi connectivity index (χ1v) is 14.9. The lowest BCUT2D eigenvalue weighted by atomic mass is 10.1. The zero-order valence-corrected chi connectivity index (χ0v) is 19.8. The second kappa shape index (κ2) is 8.74. The number of thioether (sulfide) groups is 1. The number of nitrogens with zero attached hydrogens (tertiary/aromatic N) is 2. The molecule has 2 aromatic rings. The summed E-state index contributed by atoms with van der Waals surface area (Å²) in [6, 6.07) is 4.39. The van der Waals surface area contributed by atoms with Crippen molar-refractivity contribution in [1.29, 1.82) is 0 Å². The summed E-state index contributed by atoms with van der Waals surface area (Å²) < 4.78 is 53.8. The van der Waals surface area contributed by atoms with Crippen molar-refractivity contribution in [2.45, 2.75) is 61.2 Å². The summed E-state index contributed by atoms with van der Waals surface area (Å²) in [6.07, 6.45) is 4.41. The van der Waals surface area contributed by atoms with E-state index >= 15 is 0 Å². The van der Waals surface area contributed by atoms with Gasteiger partial charge in [0.1, 0.15) is 5.52 Å². The molecule has 0 unspecified atom stereocenters. The van der Waals surface area contributed by atoms with Gasteiger partial charge in [0.15, 0.2) is 25.3 Å². The van der Waals surface area contributed by atoms with Gasteiger partial charge in [-0.15, -0.1) is 0 Å². The second-order valence-electron chi connectivity index (χ2n) is 8.10. The molecule has 1 atom stereocenters. The van der Waals surface area contributed by atoms with Gasteiger partial charge in [-0.05, 0) is 37.5 Å². The molecule has 0 radical (unpaired) electrons. The van der Waals surface area contributed by atoms with Crippen LogP contribution in [0.2, 0.25) is 0 Å². The summed E-state index contributed by atoms with van der Waals surface area (Å²) in [5.41, 5.74) is 0.888. The first-order chi connectivity index (χ1) is 14.7. The lowest BCUT2D eigenvalue weighted by Crippen LogP contribution is -2.47. The van der Waals surface area contributed by atoms with Crippen LogP contribution < -0.4 is 0 Å². The highest BCUT2D eigenvalue weighted by molar-refractivity contribution is 7.99. The van der Waals surface area contributed by atoms with Crippen molar-refractivity contribution in [2.75, 3.05) is 23.0 Å². The van der Waals surface area contributed by atoms with Gasteiger partial charge in [0, 0.05) is 12.1 Å². The number of amides is 1. The highest BCUT2D eigenvalue weighted by Crippen LogP contribution is 2.31. The van der Waals surface area contributed by atoms with Gasteiger partial charge >= 0.3 is 0 Å². The van der Waals surface area contributed by atoms with E-state index in [0.29, 0.717) is 22.7 Å².